The molecule has 0 saturated heterocycles. The molecule has 0 unspecified atom stereocenters. The van der Waals surface area contributed by atoms with Crippen molar-refractivity contribution in [3.8, 4) is 17.2 Å². The molecule has 8 heteroatoms. The van der Waals surface area contributed by atoms with Gasteiger partial charge in [-0.15, -0.1) is 0 Å². The van der Waals surface area contributed by atoms with E-state index in [-0.39, 0.29) is 12.3 Å². The minimum absolute atomic E-state index is 0.275. The number of rotatable bonds is 7. The third kappa shape index (κ3) is 4.67. The van der Waals surface area contributed by atoms with Crippen LogP contribution in [0.15, 0.2) is 67.1 Å². The van der Waals surface area contributed by atoms with Gasteiger partial charge in [0, 0.05) is 5.69 Å². The fourth-order valence-corrected chi connectivity index (χ4v) is 2.47. The van der Waals surface area contributed by atoms with E-state index in [1.165, 1.54) is 12.5 Å². The smallest absolute Gasteiger partial charge is 0.288 e. The highest BCUT2D eigenvalue weighted by molar-refractivity contribution is 5.94. The number of benzene rings is 2. The van der Waals surface area contributed by atoms with Crippen LogP contribution >= 0.6 is 0 Å². The highest BCUT2D eigenvalue weighted by atomic mass is 16.5. The lowest BCUT2D eigenvalue weighted by Gasteiger charge is -2.12. The van der Waals surface area contributed by atoms with E-state index >= 15 is 0 Å². The number of amides is 2. The number of para-hydroxylation sites is 3. The molecule has 0 aliphatic rings. The van der Waals surface area contributed by atoms with E-state index in [9.17, 15) is 9.59 Å². The maximum atomic E-state index is 12.4. The fourth-order valence-electron chi connectivity index (χ4n) is 2.47. The summed E-state index contributed by atoms with van der Waals surface area (Å²) >= 11 is 0. The van der Waals surface area contributed by atoms with Gasteiger partial charge in [0.05, 0.1) is 19.1 Å². The standard InChI is InChI=1S/C20H20N4O4/c1-2-27-17-10-6-7-11-18(17)28-13-19(25)22-23-20(26)16-12-21-14-24(16)15-8-4-3-5-9-15/h3-12,14H,2,13H2,1H3,(H,22,25)(H,23,26). The summed E-state index contributed by atoms with van der Waals surface area (Å²) in [5.41, 5.74) is 5.76. The lowest BCUT2D eigenvalue weighted by Crippen LogP contribution is -2.44. The first-order valence-corrected chi connectivity index (χ1v) is 8.70. The van der Waals surface area contributed by atoms with E-state index in [1.807, 2.05) is 43.3 Å². The zero-order valence-corrected chi connectivity index (χ0v) is 15.3. The van der Waals surface area contributed by atoms with Crippen molar-refractivity contribution in [3.05, 3.63) is 72.8 Å². The summed E-state index contributed by atoms with van der Waals surface area (Å²) in [6.45, 7) is 2.07. The number of hydrazine groups is 1. The lowest BCUT2D eigenvalue weighted by atomic mass is 10.3. The largest absolute Gasteiger partial charge is 0.490 e. The van der Waals surface area contributed by atoms with E-state index in [2.05, 4.69) is 15.8 Å². The Hall–Kier alpha value is -3.81. The van der Waals surface area contributed by atoms with E-state index in [4.69, 9.17) is 9.47 Å². The van der Waals surface area contributed by atoms with Gasteiger partial charge in [0.2, 0.25) is 0 Å². The van der Waals surface area contributed by atoms with Gasteiger partial charge in [-0.2, -0.15) is 0 Å². The van der Waals surface area contributed by atoms with Crippen molar-refractivity contribution in [1.29, 1.82) is 0 Å². The van der Waals surface area contributed by atoms with Crippen molar-refractivity contribution in [3.63, 3.8) is 0 Å². The fraction of sp³-hybridized carbons (Fsp3) is 0.150. The Morgan fingerprint density at radius 3 is 2.36 bits per heavy atom. The van der Waals surface area contributed by atoms with Gasteiger partial charge in [-0.1, -0.05) is 30.3 Å². The Morgan fingerprint density at radius 1 is 0.964 bits per heavy atom. The van der Waals surface area contributed by atoms with Crippen LogP contribution in [0.25, 0.3) is 5.69 Å². The number of nitrogens with one attached hydrogen (secondary N) is 2. The molecule has 0 spiro atoms. The molecule has 0 saturated carbocycles. The van der Waals surface area contributed by atoms with Crippen LogP contribution in [-0.2, 0) is 4.79 Å². The van der Waals surface area contributed by atoms with Crippen LogP contribution in [0, 0.1) is 0 Å². The topological polar surface area (TPSA) is 94.5 Å². The number of imidazole rings is 1. The van der Waals surface area contributed by atoms with Crippen LogP contribution < -0.4 is 20.3 Å². The van der Waals surface area contributed by atoms with Gasteiger partial charge in [0.25, 0.3) is 11.8 Å². The quantitative estimate of drug-likeness (QED) is 0.612. The van der Waals surface area contributed by atoms with Crippen LogP contribution in [0.1, 0.15) is 17.4 Å². The summed E-state index contributed by atoms with van der Waals surface area (Å²) in [5, 5.41) is 0. The molecule has 0 fully saturated rings. The molecule has 28 heavy (non-hydrogen) atoms. The average Bonchev–Trinajstić information content (AvgIpc) is 3.22. The SMILES string of the molecule is CCOc1ccccc1OCC(=O)NNC(=O)c1cncn1-c1ccccc1. The molecular weight excluding hydrogens is 360 g/mol. The third-order valence-corrected chi connectivity index (χ3v) is 3.73. The molecule has 1 heterocycles. The first-order chi connectivity index (χ1) is 13.7. The maximum Gasteiger partial charge on any atom is 0.288 e. The summed E-state index contributed by atoms with van der Waals surface area (Å²) in [4.78, 5) is 28.4. The number of nitrogens with zero attached hydrogens (tertiary/aromatic N) is 2. The molecule has 8 nitrogen and oxygen atoms in total. The molecule has 0 radical (unpaired) electrons. The highest BCUT2D eigenvalue weighted by Gasteiger charge is 2.14. The Labute approximate surface area is 162 Å². The minimum Gasteiger partial charge on any atom is -0.490 e. The summed E-state index contributed by atoms with van der Waals surface area (Å²) in [6, 6.07) is 16.3. The van der Waals surface area contributed by atoms with Crippen molar-refractivity contribution in [1.82, 2.24) is 20.4 Å². The Morgan fingerprint density at radius 2 is 1.64 bits per heavy atom. The van der Waals surface area contributed by atoms with Gasteiger partial charge in [-0.05, 0) is 31.2 Å². The summed E-state index contributed by atoms with van der Waals surface area (Å²) in [6.07, 6.45) is 2.95. The monoisotopic (exact) mass is 380 g/mol. The van der Waals surface area contributed by atoms with Crippen LogP contribution in [0.2, 0.25) is 0 Å². The number of carbonyl (C=O) groups excluding carboxylic acids is 2. The number of hydrogen-bond acceptors (Lipinski definition) is 5. The highest BCUT2D eigenvalue weighted by Crippen LogP contribution is 2.26. The number of carbonyl (C=O) groups is 2. The molecule has 0 aliphatic carbocycles. The number of aromatic nitrogens is 2. The van der Waals surface area contributed by atoms with E-state index < -0.39 is 11.8 Å². The van der Waals surface area contributed by atoms with E-state index in [0.29, 0.717) is 18.1 Å². The molecule has 2 amide bonds. The predicted octanol–water partition coefficient (Wildman–Crippen LogP) is 2.11. The Bertz CT molecular complexity index is 940. The number of ether oxygens (including phenoxy) is 2. The summed E-state index contributed by atoms with van der Waals surface area (Å²) in [5.74, 6) is -0.00331. The molecule has 144 valence electrons. The lowest BCUT2D eigenvalue weighted by molar-refractivity contribution is -0.123. The molecular formula is C20H20N4O4. The zero-order chi connectivity index (χ0) is 19.8. The average molecular weight is 380 g/mol. The van der Waals surface area contributed by atoms with Gasteiger partial charge < -0.3 is 9.47 Å². The van der Waals surface area contributed by atoms with Gasteiger partial charge in [-0.25, -0.2) is 4.98 Å². The van der Waals surface area contributed by atoms with Crippen LogP contribution in [0.5, 0.6) is 11.5 Å². The molecule has 0 atom stereocenters. The van der Waals surface area contributed by atoms with Crippen LogP contribution in [0.3, 0.4) is 0 Å². The number of hydrogen-bond donors (Lipinski definition) is 2. The second-order valence-electron chi connectivity index (χ2n) is 5.66. The van der Waals surface area contributed by atoms with Gasteiger partial charge >= 0.3 is 0 Å². The molecule has 2 N–H and O–H groups in total. The molecule has 3 aromatic rings. The van der Waals surface area contributed by atoms with Crippen LogP contribution in [0.4, 0.5) is 0 Å². The first kappa shape index (κ1) is 19.0. The van der Waals surface area contributed by atoms with Gasteiger partial charge in [0.15, 0.2) is 18.1 Å². The second-order valence-corrected chi connectivity index (χ2v) is 5.66. The Kier molecular flexibility index (Phi) is 6.25. The molecule has 0 aliphatic heterocycles. The van der Waals surface area contributed by atoms with E-state index in [1.54, 1.807) is 22.8 Å². The maximum absolute atomic E-state index is 12.4. The Balaban J connectivity index is 1.55. The zero-order valence-electron chi connectivity index (χ0n) is 15.3. The van der Waals surface area contributed by atoms with Gasteiger partial charge in [0.1, 0.15) is 5.69 Å². The third-order valence-electron chi connectivity index (χ3n) is 3.73. The van der Waals surface area contributed by atoms with Crippen LogP contribution in [-0.4, -0.2) is 34.6 Å². The molecule has 2 aromatic carbocycles. The van der Waals surface area contributed by atoms with Crippen molar-refractivity contribution >= 4 is 11.8 Å². The molecule has 1 aromatic heterocycles. The summed E-state index contributed by atoms with van der Waals surface area (Å²) < 4.78 is 12.5. The van der Waals surface area contributed by atoms with Crippen molar-refractivity contribution < 1.29 is 19.1 Å². The van der Waals surface area contributed by atoms with Crippen molar-refractivity contribution in [2.24, 2.45) is 0 Å². The van der Waals surface area contributed by atoms with E-state index in [0.717, 1.165) is 5.69 Å². The first-order valence-electron chi connectivity index (χ1n) is 8.70. The summed E-state index contributed by atoms with van der Waals surface area (Å²) in [7, 11) is 0. The van der Waals surface area contributed by atoms with Gasteiger partial charge in [-0.3, -0.25) is 25.0 Å². The minimum atomic E-state index is -0.509. The van der Waals surface area contributed by atoms with Crippen molar-refractivity contribution in [2.45, 2.75) is 6.92 Å². The molecule has 3 rings (SSSR count). The van der Waals surface area contributed by atoms with Crippen molar-refractivity contribution in [2.75, 3.05) is 13.2 Å². The predicted molar refractivity (Wildman–Crippen MR) is 102 cm³/mol. The normalized spacial score (nSPS) is 10.2. The second kappa shape index (κ2) is 9.22. The molecule has 0 bridgehead atoms.